The molecule has 0 heterocycles. The number of hydrogen-bond acceptors (Lipinski definition) is 6. The molecule has 0 unspecified atom stereocenters. The van der Waals surface area contributed by atoms with Crippen LogP contribution >= 0.6 is 12.4 Å². The second-order valence-corrected chi connectivity index (χ2v) is 5.25. The lowest BCUT2D eigenvalue weighted by molar-refractivity contribution is -0.140. The highest BCUT2D eigenvalue weighted by atomic mass is 35.5. The Kier molecular flexibility index (Phi) is 10.8. The fraction of sp³-hybridized carbons (Fsp3) is 0.200. The van der Waals surface area contributed by atoms with E-state index in [4.69, 9.17) is 9.47 Å². The van der Waals surface area contributed by atoms with Crippen LogP contribution in [0, 0.1) is 0 Å². The van der Waals surface area contributed by atoms with E-state index in [0.29, 0.717) is 13.1 Å². The molecule has 0 atom stereocenters. The van der Waals surface area contributed by atoms with E-state index in [2.05, 4.69) is 10.6 Å². The maximum absolute atomic E-state index is 11.5. The van der Waals surface area contributed by atoms with Gasteiger partial charge in [-0.05, 0) is 24.3 Å². The van der Waals surface area contributed by atoms with Crippen molar-refractivity contribution in [3.8, 4) is 0 Å². The van der Waals surface area contributed by atoms with Crippen molar-refractivity contribution >= 4 is 35.7 Å². The lowest BCUT2D eigenvalue weighted by atomic mass is 10.3. The monoisotopic (exact) mass is 390 g/mol. The molecule has 2 rings (SSSR count). The van der Waals surface area contributed by atoms with E-state index in [0.717, 1.165) is 23.5 Å². The van der Waals surface area contributed by atoms with E-state index in [1.807, 2.05) is 60.7 Å². The lowest BCUT2D eigenvalue weighted by Crippen LogP contribution is -2.14. The molecule has 0 aliphatic rings. The average molecular weight is 391 g/mol. The normalized spacial score (nSPS) is 9.93. The first-order valence-corrected chi connectivity index (χ1v) is 8.33. The Morgan fingerprint density at radius 1 is 0.704 bits per heavy atom. The smallest absolute Gasteiger partial charge is 0.331 e. The van der Waals surface area contributed by atoms with Crippen LogP contribution in [0.4, 0.5) is 11.4 Å². The van der Waals surface area contributed by atoms with Crippen molar-refractivity contribution in [3.63, 3.8) is 0 Å². The summed E-state index contributed by atoms with van der Waals surface area (Å²) < 4.78 is 9.98. The van der Waals surface area contributed by atoms with Gasteiger partial charge in [0.15, 0.2) is 0 Å². The average Bonchev–Trinajstić information content (AvgIpc) is 2.68. The molecule has 0 saturated heterocycles. The fourth-order valence-electron chi connectivity index (χ4n) is 2.04. The third-order valence-electron chi connectivity index (χ3n) is 3.25. The van der Waals surface area contributed by atoms with Crippen molar-refractivity contribution in [2.24, 2.45) is 0 Å². The van der Waals surface area contributed by atoms with Gasteiger partial charge >= 0.3 is 11.9 Å². The van der Waals surface area contributed by atoms with Crippen LogP contribution in [-0.2, 0) is 19.1 Å². The molecule has 2 aromatic carbocycles. The van der Waals surface area contributed by atoms with Gasteiger partial charge in [-0.2, -0.15) is 0 Å². The van der Waals surface area contributed by atoms with E-state index >= 15 is 0 Å². The Bertz CT molecular complexity index is 647. The minimum Gasteiger partial charge on any atom is -0.461 e. The number of hydrogen-bond donors (Lipinski definition) is 2. The Hall–Kier alpha value is -2.99. The third kappa shape index (κ3) is 9.91. The molecule has 2 N–H and O–H groups in total. The van der Waals surface area contributed by atoms with E-state index < -0.39 is 11.9 Å². The molecule has 0 aliphatic heterocycles. The summed E-state index contributed by atoms with van der Waals surface area (Å²) in [5.41, 5.74) is 1.90. The minimum atomic E-state index is -0.584. The molecule has 0 spiro atoms. The van der Waals surface area contributed by atoms with E-state index in [1.165, 1.54) is 0 Å². The summed E-state index contributed by atoms with van der Waals surface area (Å²) >= 11 is 0. The molecule has 0 aliphatic carbocycles. The first-order valence-electron chi connectivity index (χ1n) is 8.33. The molecule has 7 heteroatoms. The predicted molar refractivity (Wildman–Crippen MR) is 108 cm³/mol. The Labute approximate surface area is 165 Å². The lowest BCUT2D eigenvalue weighted by Gasteiger charge is -2.06. The van der Waals surface area contributed by atoms with Crippen molar-refractivity contribution in [3.05, 3.63) is 72.8 Å². The van der Waals surface area contributed by atoms with Crippen molar-refractivity contribution in [2.45, 2.75) is 0 Å². The van der Waals surface area contributed by atoms with E-state index in [-0.39, 0.29) is 25.6 Å². The zero-order valence-electron chi connectivity index (χ0n) is 14.8. The van der Waals surface area contributed by atoms with Gasteiger partial charge in [-0.1, -0.05) is 36.4 Å². The molecule has 144 valence electrons. The Morgan fingerprint density at radius 3 is 1.44 bits per heavy atom. The number of anilines is 2. The van der Waals surface area contributed by atoms with Gasteiger partial charge in [0.25, 0.3) is 0 Å². The molecular weight excluding hydrogens is 368 g/mol. The summed E-state index contributed by atoms with van der Waals surface area (Å²) in [4.78, 5) is 23.0. The number of carbonyl (C=O) groups is 2. The van der Waals surface area contributed by atoms with Gasteiger partial charge in [-0.15, -0.1) is 12.4 Å². The van der Waals surface area contributed by atoms with Crippen molar-refractivity contribution in [1.82, 2.24) is 0 Å². The van der Waals surface area contributed by atoms with E-state index in [9.17, 15) is 9.59 Å². The van der Waals surface area contributed by atoms with Crippen LogP contribution in [0.2, 0.25) is 0 Å². The largest absolute Gasteiger partial charge is 0.461 e. The second kappa shape index (κ2) is 13.2. The summed E-state index contributed by atoms with van der Waals surface area (Å²) in [6.07, 6.45) is 2.13. The Morgan fingerprint density at radius 2 is 1.07 bits per heavy atom. The van der Waals surface area contributed by atoms with Crippen LogP contribution in [0.5, 0.6) is 0 Å². The summed E-state index contributed by atoms with van der Waals surface area (Å²) in [7, 11) is 0. The van der Waals surface area contributed by atoms with Crippen LogP contribution in [-0.4, -0.2) is 38.2 Å². The zero-order chi connectivity index (χ0) is 18.5. The molecule has 6 nitrogen and oxygen atoms in total. The number of rotatable bonds is 10. The molecular formula is C20H23ClN2O4. The molecule has 0 fully saturated rings. The highest BCUT2D eigenvalue weighted by Crippen LogP contribution is 2.04. The van der Waals surface area contributed by atoms with Crippen LogP contribution in [0.25, 0.3) is 0 Å². The Balaban J connectivity index is 0.00000364. The quantitative estimate of drug-likeness (QED) is 0.368. The highest BCUT2D eigenvalue weighted by molar-refractivity contribution is 5.91. The van der Waals surface area contributed by atoms with Gasteiger partial charge in [0.05, 0.1) is 0 Å². The number of para-hydroxylation sites is 2. The van der Waals surface area contributed by atoms with Crippen molar-refractivity contribution in [2.75, 3.05) is 36.9 Å². The first-order chi connectivity index (χ1) is 12.7. The molecule has 2 aromatic rings. The van der Waals surface area contributed by atoms with Crippen LogP contribution in [0.15, 0.2) is 72.8 Å². The summed E-state index contributed by atoms with van der Waals surface area (Å²) in [5.74, 6) is -1.17. The molecule has 0 amide bonds. The van der Waals surface area contributed by atoms with E-state index in [1.54, 1.807) is 0 Å². The van der Waals surface area contributed by atoms with Crippen molar-refractivity contribution < 1.29 is 19.1 Å². The van der Waals surface area contributed by atoms with Gasteiger partial charge in [0, 0.05) is 36.6 Å². The summed E-state index contributed by atoms with van der Waals surface area (Å²) in [6, 6.07) is 19.2. The number of benzene rings is 2. The summed E-state index contributed by atoms with van der Waals surface area (Å²) in [5, 5.41) is 6.23. The van der Waals surface area contributed by atoms with Crippen LogP contribution < -0.4 is 10.6 Å². The number of carbonyl (C=O) groups excluding carboxylic acids is 2. The molecule has 0 saturated carbocycles. The highest BCUT2D eigenvalue weighted by Gasteiger charge is 2.01. The van der Waals surface area contributed by atoms with Crippen molar-refractivity contribution in [1.29, 1.82) is 0 Å². The maximum Gasteiger partial charge on any atom is 0.331 e. The van der Waals surface area contributed by atoms with Gasteiger partial charge in [-0.3, -0.25) is 0 Å². The first kappa shape index (κ1) is 22.1. The standard InChI is InChI=1S/C20H22N2O4.ClH/c23-19(25-15-13-21-17-7-3-1-4-8-17)11-12-20(24)26-16-14-22-18-9-5-2-6-10-18;/h1-12,21-22H,13-16H2;1H/b12-11+;. The molecule has 27 heavy (non-hydrogen) atoms. The van der Waals surface area contributed by atoms with Crippen LogP contribution in [0.1, 0.15) is 0 Å². The van der Waals surface area contributed by atoms with Gasteiger partial charge in [-0.25, -0.2) is 9.59 Å². The third-order valence-corrected chi connectivity index (χ3v) is 3.25. The predicted octanol–water partition coefficient (Wildman–Crippen LogP) is 3.28. The number of nitrogens with one attached hydrogen (secondary N) is 2. The minimum absolute atomic E-state index is 0. The number of halogens is 1. The maximum atomic E-state index is 11.5. The number of esters is 2. The van der Waals surface area contributed by atoms with Gasteiger partial charge < -0.3 is 20.1 Å². The van der Waals surface area contributed by atoms with Gasteiger partial charge in [0.1, 0.15) is 13.2 Å². The molecule has 0 aromatic heterocycles. The molecule has 0 bridgehead atoms. The fourth-order valence-corrected chi connectivity index (χ4v) is 2.04. The van der Waals surface area contributed by atoms with Crippen LogP contribution in [0.3, 0.4) is 0 Å². The topological polar surface area (TPSA) is 76.7 Å². The second-order valence-electron chi connectivity index (χ2n) is 5.25. The molecule has 0 radical (unpaired) electrons. The zero-order valence-corrected chi connectivity index (χ0v) is 15.6. The summed E-state index contributed by atoms with van der Waals surface area (Å²) in [6.45, 7) is 1.38. The number of ether oxygens (including phenoxy) is 2. The SMILES string of the molecule is Cl.O=C(/C=C/C(=O)OCCNc1ccccc1)OCCNc1ccccc1. The van der Waals surface area contributed by atoms with Gasteiger partial charge in [0.2, 0.25) is 0 Å².